The second-order valence-electron chi connectivity index (χ2n) is 6.87. The molecule has 0 aliphatic carbocycles. The van der Waals surface area contributed by atoms with Crippen LogP contribution in [0.25, 0.3) is 11.4 Å². The van der Waals surface area contributed by atoms with Gasteiger partial charge < -0.3 is 19.7 Å². The first kappa shape index (κ1) is 21.2. The molecule has 2 aromatic carbocycles. The van der Waals surface area contributed by atoms with Gasteiger partial charge in [-0.2, -0.15) is 18.2 Å². The van der Waals surface area contributed by atoms with Gasteiger partial charge in [0.2, 0.25) is 5.82 Å². The lowest BCUT2D eigenvalue weighted by atomic mass is 10.1. The van der Waals surface area contributed by atoms with E-state index in [0.717, 1.165) is 6.07 Å². The van der Waals surface area contributed by atoms with Crippen LogP contribution in [0.15, 0.2) is 44.8 Å². The van der Waals surface area contributed by atoms with Gasteiger partial charge in [0.05, 0.1) is 18.6 Å². The minimum absolute atomic E-state index is 0.0161. The quantitative estimate of drug-likeness (QED) is 0.326. The van der Waals surface area contributed by atoms with Crippen molar-refractivity contribution in [1.29, 1.82) is 0 Å². The van der Waals surface area contributed by atoms with Crippen LogP contribution < -0.4 is 21.5 Å². The third-order valence-corrected chi connectivity index (χ3v) is 4.55. The number of anilines is 2. The number of alkyl halides is 3. The number of imidazole rings is 1. The molecular weight excluding hydrogens is 436 g/mol. The molecule has 0 fully saturated rings. The Hall–Kier alpha value is -4.03. The number of hydrogen-bond acceptors (Lipinski definition) is 8. The van der Waals surface area contributed by atoms with E-state index in [9.17, 15) is 27.2 Å². The Balaban J connectivity index is 1.44. The van der Waals surface area contributed by atoms with Gasteiger partial charge in [0, 0.05) is 30.9 Å². The van der Waals surface area contributed by atoms with Crippen LogP contribution in [0.3, 0.4) is 0 Å². The summed E-state index contributed by atoms with van der Waals surface area (Å²) in [6, 6.07) is 3.56. The maximum Gasteiger partial charge on any atom is 0.471 e. The predicted molar refractivity (Wildman–Crippen MR) is 104 cm³/mol. The molecule has 2 heterocycles. The zero-order chi connectivity index (χ0) is 23.0. The van der Waals surface area contributed by atoms with Crippen molar-refractivity contribution in [3.63, 3.8) is 0 Å². The molecule has 0 radical (unpaired) electrons. The maximum atomic E-state index is 14.4. The summed E-state index contributed by atoms with van der Waals surface area (Å²) in [7, 11) is 1.79. The second-order valence-corrected chi connectivity index (χ2v) is 6.87. The SMILES string of the molecule is Cn1cnc(CNc2c(NCc3ccc(-c4noc(C(F)(F)F)n4)cc3F)c(=O)c2=O)c1. The van der Waals surface area contributed by atoms with Crippen LogP contribution in [0.5, 0.6) is 0 Å². The van der Waals surface area contributed by atoms with Crippen molar-refractivity contribution in [3.05, 3.63) is 74.1 Å². The lowest BCUT2D eigenvalue weighted by Crippen LogP contribution is -2.37. The van der Waals surface area contributed by atoms with Crippen LogP contribution in [-0.4, -0.2) is 19.7 Å². The number of nitrogens with one attached hydrogen (secondary N) is 2. The summed E-state index contributed by atoms with van der Waals surface area (Å²) in [5, 5.41) is 8.75. The monoisotopic (exact) mass is 450 g/mol. The summed E-state index contributed by atoms with van der Waals surface area (Å²) in [6.07, 6.45) is -1.48. The number of aromatic nitrogens is 4. The van der Waals surface area contributed by atoms with Gasteiger partial charge in [-0.3, -0.25) is 9.59 Å². The normalized spacial score (nSPS) is 11.8. The fourth-order valence-electron chi connectivity index (χ4n) is 2.94. The highest BCUT2D eigenvalue weighted by Gasteiger charge is 2.38. The molecule has 2 N–H and O–H groups in total. The molecular formula is C19H14F4N6O3. The van der Waals surface area contributed by atoms with E-state index in [2.05, 4.69) is 30.3 Å². The van der Waals surface area contributed by atoms with Gasteiger partial charge >= 0.3 is 12.1 Å². The van der Waals surface area contributed by atoms with E-state index in [4.69, 9.17) is 0 Å². The van der Waals surface area contributed by atoms with E-state index in [1.54, 1.807) is 24.1 Å². The smallest absolute Gasteiger partial charge is 0.376 e. The minimum atomic E-state index is -4.81. The molecule has 9 nitrogen and oxygen atoms in total. The molecule has 4 rings (SSSR count). The fourth-order valence-corrected chi connectivity index (χ4v) is 2.94. The molecule has 0 spiro atoms. The molecule has 32 heavy (non-hydrogen) atoms. The number of hydrogen-bond donors (Lipinski definition) is 2. The van der Waals surface area contributed by atoms with Gasteiger partial charge in [-0.15, -0.1) is 0 Å². The highest BCUT2D eigenvalue weighted by Crippen LogP contribution is 2.29. The van der Waals surface area contributed by atoms with Gasteiger partial charge in [-0.25, -0.2) is 9.37 Å². The Labute approximate surface area is 176 Å². The van der Waals surface area contributed by atoms with Crippen molar-refractivity contribution in [3.8, 4) is 11.4 Å². The van der Waals surface area contributed by atoms with Crippen LogP contribution in [0.4, 0.5) is 28.9 Å². The number of aryl methyl sites for hydroxylation is 1. The van der Waals surface area contributed by atoms with Gasteiger partial charge in [-0.05, 0) is 6.07 Å². The van der Waals surface area contributed by atoms with E-state index < -0.39 is 34.6 Å². The van der Waals surface area contributed by atoms with Crippen molar-refractivity contribution < 1.29 is 22.1 Å². The summed E-state index contributed by atoms with van der Waals surface area (Å²) >= 11 is 0. The van der Waals surface area contributed by atoms with Crippen molar-refractivity contribution in [1.82, 2.24) is 19.7 Å². The zero-order valence-electron chi connectivity index (χ0n) is 16.3. The number of benzene rings is 1. The highest BCUT2D eigenvalue weighted by molar-refractivity contribution is 5.74. The Bertz CT molecular complexity index is 1350. The lowest BCUT2D eigenvalue weighted by molar-refractivity contribution is -0.159. The molecule has 13 heteroatoms. The Morgan fingerprint density at radius 2 is 1.78 bits per heavy atom. The zero-order valence-corrected chi connectivity index (χ0v) is 16.3. The van der Waals surface area contributed by atoms with E-state index in [0.29, 0.717) is 5.69 Å². The highest BCUT2D eigenvalue weighted by atomic mass is 19.4. The van der Waals surface area contributed by atoms with Crippen molar-refractivity contribution >= 4 is 11.4 Å². The predicted octanol–water partition coefficient (Wildman–Crippen LogP) is 2.45. The van der Waals surface area contributed by atoms with Crippen LogP contribution in [-0.2, 0) is 26.3 Å². The van der Waals surface area contributed by atoms with Crippen LogP contribution >= 0.6 is 0 Å². The first-order valence-electron chi connectivity index (χ1n) is 9.11. The summed E-state index contributed by atoms with van der Waals surface area (Å²) in [5.41, 5.74) is -0.599. The Morgan fingerprint density at radius 3 is 2.34 bits per heavy atom. The van der Waals surface area contributed by atoms with Gasteiger partial charge in [-0.1, -0.05) is 17.3 Å². The average molecular weight is 450 g/mol. The summed E-state index contributed by atoms with van der Waals surface area (Å²) < 4.78 is 58.0. The van der Waals surface area contributed by atoms with Crippen molar-refractivity contribution in [2.45, 2.75) is 19.3 Å². The third-order valence-electron chi connectivity index (χ3n) is 4.55. The van der Waals surface area contributed by atoms with Crippen molar-refractivity contribution in [2.75, 3.05) is 10.6 Å². The molecule has 0 amide bonds. The molecule has 0 aliphatic rings. The summed E-state index contributed by atoms with van der Waals surface area (Å²) in [4.78, 5) is 31.0. The summed E-state index contributed by atoms with van der Waals surface area (Å²) in [5.74, 6) is -2.72. The standard InChI is InChI=1S/C19H14F4N6O3/c1-29-7-11(26-8-29)6-25-14-13(15(30)16(14)31)24-5-10-3-2-9(4-12(10)20)17-27-18(32-28-17)19(21,22)23/h2-4,7-8,24-25H,5-6H2,1H3. The topological polar surface area (TPSA) is 115 Å². The number of halogens is 4. The minimum Gasteiger partial charge on any atom is -0.376 e. The average Bonchev–Trinajstić information content (AvgIpc) is 3.40. The van der Waals surface area contributed by atoms with Gasteiger partial charge in [0.1, 0.15) is 17.2 Å². The first-order valence-corrected chi connectivity index (χ1v) is 9.11. The van der Waals surface area contributed by atoms with Gasteiger partial charge in [0.25, 0.3) is 10.9 Å². The molecule has 0 atom stereocenters. The van der Waals surface area contributed by atoms with E-state index in [-0.39, 0.29) is 35.6 Å². The third kappa shape index (κ3) is 4.08. The van der Waals surface area contributed by atoms with E-state index in [1.807, 2.05) is 0 Å². The van der Waals surface area contributed by atoms with Crippen LogP contribution in [0, 0.1) is 5.82 Å². The molecule has 2 aromatic heterocycles. The first-order chi connectivity index (χ1) is 15.1. The number of rotatable bonds is 7. The molecule has 0 aliphatic heterocycles. The lowest BCUT2D eigenvalue weighted by Gasteiger charge is -2.14. The summed E-state index contributed by atoms with van der Waals surface area (Å²) in [6.45, 7) is 0.0727. The molecule has 4 aromatic rings. The molecule has 0 saturated heterocycles. The van der Waals surface area contributed by atoms with Crippen LogP contribution in [0.2, 0.25) is 0 Å². The second kappa shape index (κ2) is 7.90. The van der Waals surface area contributed by atoms with Crippen molar-refractivity contribution in [2.24, 2.45) is 7.05 Å². The maximum absolute atomic E-state index is 14.4. The van der Waals surface area contributed by atoms with Gasteiger partial charge in [0.15, 0.2) is 0 Å². The van der Waals surface area contributed by atoms with Crippen LogP contribution in [0.1, 0.15) is 17.1 Å². The Kier molecular flexibility index (Phi) is 5.24. The molecule has 0 saturated carbocycles. The Morgan fingerprint density at radius 1 is 1.09 bits per heavy atom. The molecule has 0 bridgehead atoms. The van der Waals surface area contributed by atoms with E-state index in [1.165, 1.54) is 12.1 Å². The molecule has 166 valence electrons. The number of nitrogens with zero attached hydrogens (tertiary/aromatic N) is 4. The molecule has 0 unspecified atom stereocenters. The fraction of sp³-hybridized carbons (Fsp3) is 0.211. The largest absolute Gasteiger partial charge is 0.471 e. The van der Waals surface area contributed by atoms with E-state index >= 15 is 0 Å².